The van der Waals surface area contributed by atoms with Crippen LogP contribution in [-0.2, 0) is 16.0 Å². The number of thiazole rings is 1. The molecule has 146 valence electrons. The topological polar surface area (TPSA) is 45.7 Å². The number of anilines is 1. The molecule has 0 bridgehead atoms. The van der Waals surface area contributed by atoms with Crippen LogP contribution in [-0.4, -0.2) is 55.2 Å². The first-order valence-corrected chi connectivity index (χ1v) is 10.6. The number of carbonyl (C=O) groups is 1. The molecule has 0 radical (unpaired) electrons. The summed E-state index contributed by atoms with van der Waals surface area (Å²) in [5, 5.41) is 0.795. The molecule has 0 spiro atoms. The van der Waals surface area contributed by atoms with Crippen LogP contribution in [0.2, 0.25) is 0 Å². The maximum atomic E-state index is 13.1. The molecule has 1 aliphatic heterocycles. The molecule has 4 rings (SSSR count). The van der Waals surface area contributed by atoms with Gasteiger partial charge in [-0.1, -0.05) is 53.8 Å². The molecule has 0 aliphatic carbocycles. The number of rotatable bonds is 7. The highest BCUT2D eigenvalue weighted by Crippen LogP contribution is 2.29. The van der Waals surface area contributed by atoms with E-state index in [1.54, 1.807) is 11.3 Å². The van der Waals surface area contributed by atoms with E-state index in [0.717, 1.165) is 60.2 Å². The lowest BCUT2D eigenvalue weighted by atomic mass is 10.1. The maximum absolute atomic E-state index is 13.1. The molecule has 0 N–H and O–H groups in total. The van der Waals surface area contributed by atoms with Crippen molar-refractivity contribution in [3.05, 3.63) is 60.2 Å². The molecule has 2 heterocycles. The third-order valence-electron chi connectivity index (χ3n) is 4.97. The molecule has 28 heavy (non-hydrogen) atoms. The minimum absolute atomic E-state index is 0.104. The van der Waals surface area contributed by atoms with Gasteiger partial charge in [-0.25, -0.2) is 4.98 Å². The van der Waals surface area contributed by atoms with E-state index in [1.165, 1.54) is 0 Å². The molecule has 1 fully saturated rings. The molecule has 0 atom stereocenters. The molecular weight excluding hydrogens is 370 g/mol. The van der Waals surface area contributed by atoms with Gasteiger partial charge in [0.1, 0.15) is 0 Å². The van der Waals surface area contributed by atoms with Crippen LogP contribution in [0.5, 0.6) is 0 Å². The normalized spacial score (nSPS) is 15.0. The second-order valence-corrected chi connectivity index (χ2v) is 7.99. The summed E-state index contributed by atoms with van der Waals surface area (Å²) in [6.45, 7) is 5.20. The number of hydrogen-bond acceptors (Lipinski definition) is 5. The number of ether oxygens (including phenoxy) is 1. The van der Waals surface area contributed by atoms with Gasteiger partial charge in [0.2, 0.25) is 5.91 Å². The molecule has 1 aliphatic rings. The Hall–Kier alpha value is -2.28. The number of carbonyl (C=O) groups excluding carboxylic acids is 1. The van der Waals surface area contributed by atoms with E-state index < -0.39 is 0 Å². The first-order chi connectivity index (χ1) is 13.8. The maximum Gasteiger partial charge on any atom is 0.233 e. The Labute approximate surface area is 169 Å². The zero-order valence-corrected chi connectivity index (χ0v) is 16.7. The summed E-state index contributed by atoms with van der Waals surface area (Å²) in [6.07, 6.45) is 1.32. The van der Waals surface area contributed by atoms with E-state index in [1.807, 2.05) is 53.4 Å². The van der Waals surface area contributed by atoms with Gasteiger partial charge in [0, 0.05) is 26.2 Å². The van der Waals surface area contributed by atoms with Gasteiger partial charge < -0.3 is 4.74 Å². The Bertz CT molecular complexity index is 873. The van der Waals surface area contributed by atoms with Crippen molar-refractivity contribution in [1.82, 2.24) is 9.88 Å². The minimum Gasteiger partial charge on any atom is -0.379 e. The molecule has 6 heteroatoms. The lowest BCUT2D eigenvalue weighted by molar-refractivity contribution is -0.118. The van der Waals surface area contributed by atoms with Crippen molar-refractivity contribution in [1.29, 1.82) is 0 Å². The van der Waals surface area contributed by atoms with E-state index >= 15 is 0 Å². The summed E-state index contributed by atoms with van der Waals surface area (Å²) >= 11 is 1.59. The summed E-state index contributed by atoms with van der Waals surface area (Å²) in [5.74, 6) is 0.104. The van der Waals surface area contributed by atoms with Crippen molar-refractivity contribution < 1.29 is 9.53 Å². The van der Waals surface area contributed by atoms with Crippen LogP contribution in [0.15, 0.2) is 54.6 Å². The average Bonchev–Trinajstić information content (AvgIpc) is 3.16. The molecule has 1 saturated heterocycles. The Morgan fingerprint density at radius 3 is 2.61 bits per heavy atom. The fraction of sp³-hybridized carbons (Fsp3) is 0.364. The van der Waals surface area contributed by atoms with Gasteiger partial charge in [-0.15, -0.1) is 0 Å². The summed E-state index contributed by atoms with van der Waals surface area (Å²) in [5.41, 5.74) is 1.99. The van der Waals surface area contributed by atoms with Gasteiger partial charge in [0.25, 0.3) is 0 Å². The lowest BCUT2D eigenvalue weighted by Gasteiger charge is -2.27. The molecule has 0 saturated carbocycles. The van der Waals surface area contributed by atoms with E-state index in [4.69, 9.17) is 9.72 Å². The first kappa shape index (κ1) is 19.1. The SMILES string of the molecule is O=C(Cc1ccccc1)N(CCCN1CCOCC1)c1nc2ccccc2s1. The third-order valence-corrected chi connectivity index (χ3v) is 6.03. The van der Waals surface area contributed by atoms with Gasteiger partial charge in [-0.05, 0) is 24.1 Å². The Morgan fingerprint density at radius 2 is 1.82 bits per heavy atom. The molecular formula is C22H25N3O2S. The molecule has 1 aromatic heterocycles. The number of amides is 1. The van der Waals surface area contributed by atoms with Crippen molar-refractivity contribution in [2.24, 2.45) is 0 Å². The van der Waals surface area contributed by atoms with Crippen molar-refractivity contribution in [3.63, 3.8) is 0 Å². The number of hydrogen-bond donors (Lipinski definition) is 0. The molecule has 5 nitrogen and oxygen atoms in total. The summed E-state index contributed by atoms with van der Waals surface area (Å²) in [7, 11) is 0. The van der Waals surface area contributed by atoms with Crippen molar-refractivity contribution >= 4 is 32.6 Å². The minimum atomic E-state index is 0.104. The third kappa shape index (κ3) is 4.76. The quantitative estimate of drug-likeness (QED) is 0.613. The van der Waals surface area contributed by atoms with E-state index in [2.05, 4.69) is 11.0 Å². The molecule has 3 aromatic rings. The van der Waals surface area contributed by atoms with Crippen molar-refractivity contribution in [2.75, 3.05) is 44.3 Å². The summed E-state index contributed by atoms with van der Waals surface area (Å²) in [4.78, 5) is 22.1. The number of fused-ring (bicyclic) bond motifs is 1. The molecule has 0 unspecified atom stereocenters. The number of benzene rings is 2. The zero-order valence-electron chi connectivity index (χ0n) is 15.9. The molecule has 1 amide bonds. The molecule has 2 aromatic carbocycles. The van der Waals surface area contributed by atoms with Crippen molar-refractivity contribution in [3.8, 4) is 0 Å². The number of morpholine rings is 1. The van der Waals surface area contributed by atoms with Gasteiger partial charge in [-0.2, -0.15) is 0 Å². The second-order valence-electron chi connectivity index (χ2n) is 6.98. The summed E-state index contributed by atoms with van der Waals surface area (Å²) in [6, 6.07) is 18.0. The number of aromatic nitrogens is 1. The van der Waals surface area contributed by atoms with Crippen LogP contribution < -0.4 is 4.90 Å². The van der Waals surface area contributed by atoms with Crippen LogP contribution in [0.1, 0.15) is 12.0 Å². The Balaban J connectivity index is 1.48. The second kappa shape index (κ2) is 9.28. The predicted molar refractivity (Wildman–Crippen MR) is 114 cm³/mol. The fourth-order valence-electron chi connectivity index (χ4n) is 3.45. The van der Waals surface area contributed by atoms with Gasteiger partial charge in [-0.3, -0.25) is 14.6 Å². The highest BCUT2D eigenvalue weighted by atomic mass is 32.1. The van der Waals surface area contributed by atoms with E-state index in [9.17, 15) is 4.79 Å². The van der Waals surface area contributed by atoms with Crippen molar-refractivity contribution in [2.45, 2.75) is 12.8 Å². The van der Waals surface area contributed by atoms with Crippen LogP contribution in [0.25, 0.3) is 10.2 Å². The standard InChI is InChI=1S/C22H25N3O2S/c26-21(17-18-7-2-1-3-8-18)25(12-6-11-24-13-15-27-16-14-24)22-23-19-9-4-5-10-20(19)28-22/h1-5,7-10H,6,11-17H2. The lowest BCUT2D eigenvalue weighted by Crippen LogP contribution is -2.39. The largest absolute Gasteiger partial charge is 0.379 e. The fourth-order valence-corrected chi connectivity index (χ4v) is 4.45. The summed E-state index contributed by atoms with van der Waals surface area (Å²) < 4.78 is 6.53. The van der Waals surface area contributed by atoms with Crippen LogP contribution >= 0.6 is 11.3 Å². The first-order valence-electron chi connectivity index (χ1n) is 9.79. The number of para-hydroxylation sites is 1. The van der Waals surface area contributed by atoms with Crippen LogP contribution in [0, 0.1) is 0 Å². The average molecular weight is 396 g/mol. The Kier molecular flexibility index (Phi) is 6.31. The smallest absolute Gasteiger partial charge is 0.233 e. The Morgan fingerprint density at radius 1 is 1.07 bits per heavy atom. The highest BCUT2D eigenvalue weighted by molar-refractivity contribution is 7.22. The predicted octanol–water partition coefficient (Wildman–Crippen LogP) is 3.59. The van der Waals surface area contributed by atoms with Crippen LogP contribution in [0.3, 0.4) is 0 Å². The van der Waals surface area contributed by atoms with Gasteiger partial charge in [0.15, 0.2) is 5.13 Å². The van der Waals surface area contributed by atoms with E-state index in [0.29, 0.717) is 13.0 Å². The van der Waals surface area contributed by atoms with Crippen LogP contribution in [0.4, 0.5) is 5.13 Å². The monoisotopic (exact) mass is 395 g/mol. The zero-order chi connectivity index (χ0) is 19.2. The van der Waals surface area contributed by atoms with Gasteiger partial charge >= 0.3 is 0 Å². The van der Waals surface area contributed by atoms with Gasteiger partial charge in [0.05, 0.1) is 29.9 Å². The highest BCUT2D eigenvalue weighted by Gasteiger charge is 2.20. The number of nitrogens with zero attached hydrogens (tertiary/aromatic N) is 3. The van der Waals surface area contributed by atoms with E-state index in [-0.39, 0.29) is 5.91 Å².